The van der Waals surface area contributed by atoms with Crippen LogP contribution in [0.3, 0.4) is 0 Å². The molecule has 0 aliphatic carbocycles. The molecular weight excluding hydrogens is 228 g/mol. The lowest BCUT2D eigenvalue weighted by molar-refractivity contribution is 0.323. The van der Waals surface area contributed by atoms with Crippen molar-refractivity contribution >= 4 is 22.9 Å². The zero-order chi connectivity index (χ0) is 10.7. The van der Waals surface area contributed by atoms with Crippen molar-refractivity contribution in [1.29, 1.82) is 0 Å². The molecule has 1 aliphatic rings. The Morgan fingerprint density at radius 3 is 3.13 bits per heavy atom. The van der Waals surface area contributed by atoms with E-state index in [-0.39, 0.29) is 0 Å². The first-order chi connectivity index (χ1) is 7.28. The van der Waals surface area contributed by atoms with Gasteiger partial charge in [-0.25, -0.2) is 0 Å². The van der Waals surface area contributed by atoms with Gasteiger partial charge in [0.1, 0.15) is 0 Å². The third-order valence-corrected chi connectivity index (χ3v) is 3.99. The lowest BCUT2D eigenvalue weighted by Gasteiger charge is -2.15. The van der Waals surface area contributed by atoms with Gasteiger partial charge < -0.3 is 5.32 Å². The van der Waals surface area contributed by atoms with E-state index in [9.17, 15) is 0 Å². The second kappa shape index (κ2) is 5.30. The van der Waals surface area contributed by atoms with E-state index in [0.29, 0.717) is 6.04 Å². The molecule has 2 nitrogen and oxygen atoms in total. The summed E-state index contributed by atoms with van der Waals surface area (Å²) in [5.41, 5.74) is 0. The number of nitrogens with one attached hydrogen (secondary N) is 1. The van der Waals surface area contributed by atoms with Crippen LogP contribution in [-0.4, -0.2) is 30.6 Å². The Bertz CT molecular complexity index is 313. The molecule has 1 aliphatic heterocycles. The normalized spacial score (nSPS) is 22.4. The number of thiophene rings is 1. The van der Waals surface area contributed by atoms with E-state index in [2.05, 4.69) is 23.2 Å². The molecule has 0 bridgehead atoms. The molecule has 0 spiro atoms. The molecule has 1 unspecified atom stereocenters. The third kappa shape index (κ3) is 3.18. The Labute approximate surface area is 100 Å². The highest BCUT2D eigenvalue weighted by Gasteiger charge is 2.21. The number of nitrogens with zero attached hydrogens (tertiary/aromatic N) is 1. The molecule has 2 rings (SSSR count). The monoisotopic (exact) mass is 244 g/mol. The van der Waals surface area contributed by atoms with Gasteiger partial charge in [0.25, 0.3) is 0 Å². The molecule has 1 aromatic rings. The maximum absolute atomic E-state index is 5.91. The molecule has 0 saturated carbocycles. The molecule has 1 fully saturated rings. The lowest BCUT2D eigenvalue weighted by atomic mass is 10.3. The zero-order valence-corrected chi connectivity index (χ0v) is 10.6. The van der Waals surface area contributed by atoms with Gasteiger partial charge in [0.2, 0.25) is 0 Å². The summed E-state index contributed by atoms with van der Waals surface area (Å²) in [6.07, 6.45) is 1.27. The van der Waals surface area contributed by atoms with Crippen LogP contribution in [0.5, 0.6) is 0 Å². The second-order valence-corrected chi connectivity index (χ2v) is 5.78. The van der Waals surface area contributed by atoms with E-state index in [0.717, 1.165) is 17.4 Å². The Kier molecular flexibility index (Phi) is 4.03. The summed E-state index contributed by atoms with van der Waals surface area (Å²) in [6, 6.07) is 4.80. The average Bonchev–Trinajstić information content (AvgIpc) is 2.78. The highest BCUT2D eigenvalue weighted by atomic mass is 35.5. The van der Waals surface area contributed by atoms with E-state index in [4.69, 9.17) is 11.6 Å². The van der Waals surface area contributed by atoms with Gasteiger partial charge in [-0.1, -0.05) is 18.5 Å². The molecule has 1 aromatic heterocycles. The minimum Gasteiger partial charge on any atom is -0.313 e. The zero-order valence-electron chi connectivity index (χ0n) is 9.00. The van der Waals surface area contributed by atoms with Crippen molar-refractivity contribution in [2.24, 2.45) is 0 Å². The van der Waals surface area contributed by atoms with Crippen molar-refractivity contribution in [3.63, 3.8) is 0 Å². The van der Waals surface area contributed by atoms with Gasteiger partial charge in [-0.05, 0) is 25.1 Å². The van der Waals surface area contributed by atoms with Crippen LogP contribution in [0.4, 0.5) is 0 Å². The second-order valence-electron chi connectivity index (χ2n) is 3.98. The summed E-state index contributed by atoms with van der Waals surface area (Å²) in [5, 5.41) is 3.50. The molecule has 2 heterocycles. The predicted molar refractivity (Wildman–Crippen MR) is 66.7 cm³/mol. The fourth-order valence-electron chi connectivity index (χ4n) is 2.09. The van der Waals surface area contributed by atoms with Gasteiger partial charge in [0.15, 0.2) is 0 Å². The quantitative estimate of drug-likeness (QED) is 0.876. The number of halogens is 1. The highest BCUT2D eigenvalue weighted by Crippen LogP contribution is 2.24. The van der Waals surface area contributed by atoms with Gasteiger partial charge in [-0.2, -0.15) is 0 Å². The molecule has 1 saturated heterocycles. The molecule has 1 atom stereocenters. The molecular formula is C11H17ClN2S. The average molecular weight is 245 g/mol. The van der Waals surface area contributed by atoms with E-state index in [1.165, 1.54) is 24.4 Å². The van der Waals surface area contributed by atoms with Crippen LogP contribution in [0.1, 0.15) is 18.2 Å². The summed E-state index contributed by atoms with van der Waals surface area (Å²) in [6.45, 7) is 6.67. The number of hydrogen-bond acceptors (Lipinski definition) is 3. The fourth-order valence-corrected chi connectivity index (χ4v) is 3.22. The van der Waals surface area contributed by atoms with Crippen molar-refractivity contribution in [3.8, 4) is 0 Å². The molecule has 15 heavy (non-hydrogen) atoms. The minimum absolute atomic E-state index is 0.686. The highest BCUT2D eigenvalue weighted by molar-refractivity contribution is 7.16. The first-order valence-electron chi connectivity index (χ1n) is 5.48. The van der Waals surface area contributed by atoms with E-state index >= 15 is 0 Å². The molecule has 0 radical (unpaired) electrons. The van der Waals surface area contributed by atoms with Crippen LogP contribution in [0.25, 0.3) is 0 Å². The predicted octanol–water partition coefficient (Wildman–Crippen LogP) is 2.59. The fraction of sp³-hybridized carbons (Fsp3) is 0.636. The standard InChI is InChI=1S/C11H17ClN2S/c1-2-13-9-5-6-14(7-9)8-10-3-4-11(12)15-10/h3-4,9,13H,2,5-8H2,1H3. The summed E-state index contributed by atoms with van der Waals surface area (Å²) < 4.78 is 0.896. The van der Waals surface area contributed by atoms with Crippen LogP contribution in [0.2, 0.25) is 4.34 Å². The molecule has 0 aromatic carbocycles. The van der Waals surface area contributed by atoms with E-state index < -0.39 is 0 Å². The van der Waals surface area contributed by atoms with E-state index in [1.807, 2.05) is 6.07 Å². The van der Waals surface area contributed by atoms with Crippen LogP contribution in [0, 0.1) is 0 Å². The maximum atomic E-state index is 5.91. The first-order valence-corrected chi connectivity index (χ1v) is 6.67. The van der Waals surface area contributed by atoms with Crippen molar-refractivity contribution in [1.82, 2.24) is 10.2 Å². The molecule has 0 amide bonds. The number of hydrogen-bond donors (Lipinski definition) is 1. The minimum atomic E-state index is 0.686. The lowest BCUT2D eigenvalue weighted by Crippen LogP contribution is -2.31. The Morgan fingerprint density at radius 2 is 2.47 bits per heavy atom. The van der Waals surface area contributed by atoms with Crippen molar-refractivity contribution in [2.75, 3.05) is 19.6 Å². The van der Waals surface area contributed by atoms with Crippen LogP contribution < -0.4 is 5.32 Å². The Morgan fingerprint density at radius 1 is 1.60 bits per heavy atom. The Balaban J connectivity index is 1.82. The van der Waals surface area contributed by atoms with Gasteiger partial charge in [-0.3, -0.25) is 4.90 Å². The molecule has 84 valence electrons. The van der Waals surface area contributed by atoms with Gasteiger partial charge in [0, 0.05) is 30.6 Å². The summed E-state index contributed by atoms with van der Waals surface area (Å²) in [5.74, 6) is 0. The van der Waals surface area contributed by atoms with Crippen molar-refractivity contribution in [3.05, 3.63) is 21.3 Å². The number of likely N-dealkylation sites (N-methyl/N-ethyl adjacent to an activating group) is 1. The van der Waals surface area contributed by atoms with Crippen molar-refractivity contribution < 1.29 is 0 Å². The van der Waals surface area contributed by atoms with Gasteiger partial charge >= 0.3 is 0 Å². The summed E-state index contributed by atoms with van der Waals surface area (Å²) in [7, 11) is 0. The smallest absolute Gasteiger partial charge is 0.0931 e. The molecule has 4 heteroatoms. The third-order valence-electron chi connectivity index (χ3n) is 2.77. The van der Waals surface area contributed by atoms with Crippen LogP contribution >= 0.6 is 22.9 Å². The summed E-state index contributed by atoms with van der Waals surface area (Å²) in [4.78, 5) is 3.87. The van der Waals surface area contributed by atoms with Gasteiger partial charge in [0.05, 0.1) is 4.34 Å². The van der Waals surface area contributed by atoms with Gasteiger partial charge in [-0.15, -0.1) is 11.3 Å². The maximum Gasteiger partial charge on any atom is 0.0931 e. The van der Waals surface area contributed by atoms with Crippen LogP contribution in [-0.2, 0) is 6.54 Å². The van der Waals surface area contributed by atoms with Crippen LogP contribution in [0.15, 0.2) is 12.1 Å². The molecule has 1 N–H and O–H groups in total. The van der Waals surface area contributed by atoms with Crippen molar-refractivity contribution in [2.45, 2.75) is 25.9 Å². The summed E-state index contributed by atoms with van der Waals surface area (Å²) >= 11 is 7.60. The van der Waals surface area contributed by atoms with E-state index in [1.54, 1.807) is 11.3 Å². The Hall–Kier alpha value is -0.0900. The first kappa shape index (κ1) is 11.4. The largest absolute Gasteiger partial charge is 0.313 e. The number of rotatable bonds is 4. The topological polar surface area (TPSA) is 15.3 Å². The number of likely N-dealkylation sites (tertiary alicyclic amines) is 1. The SMILES string of the molecule is CCNC1CCN(Cc2ccc(Cl)s2)C1.